The summed E-state index contributed by atoms with van der Waals surface area (Å²) >= 11 is 0. The Balaban J connectivity index is 1.43. The van der Waals surface area contributed by atoms with Crippen LogP contribution < -0.4 is 20.1 Å². The van der Waals surface area contributed by atoms with E-state index in [9.17, 15) is 9.59 Å². The van der Waals surface area contributed by atoms with Crippen molar-refractivity contribution >= 4 is 11.9 Å². The topological polar surface area (TPSA) is 83.1 Å². The van der Waals surface area contributed by atoms with Gasteiger partial charge < -0.3 is 14.8 Å². The highest BCUT2D eigenvalue weighted by Crippen LogP contribution is 2.28. The van der Waals surface area contributed by atoms with E-state index in [1.165, 1.54) is 6.42 Å². The lowest BCUT2D eigenvalue weighted by Gasteiger charge is -2.37. The summed E-state index contributed by atoms with van der Waals surface area (Å²) in [7, 11) is 3.27. The van der Waals surface area contributed by atoms with E-state index in [0.717, 1.165) is 75.5 Å². The average molecular weight is 433 g/mol. The molecule has 2 aliphatic rings. The maximum absolute atomic E-state index is 12.5. The number of nitrogens with one attached hydrogen (secondary N) is 2. The van der Waals surface area contributed by atoms with E-state index in [4.69, 9.17) is 9.47 Å². The summed E-state index contributed by atoms with van der Waals surface area (Å²) in [5.74, 6) is 1.22. The van der Waals surface area contributed by atoms with E-state index in [0.29, 0.717) is 0 Å². The van der Waals surface area contributed by atoms with Crippen molar-refractivity contribution in [3.05, 3.63) is 23.8 Å². The molecular formula is C23H36N4O4. The fraction of sp³-hybridized carbons (Fsp3) is 0.652. The first-order chi connectivity index (χ1) is 15.0. The second-order valence-corrected chi connectivity index (χ2v) is 8.48. The Morgan fingerprint density at radius 1 is 1.03 bits per heavy atom. The number of ether oxygens (including phenoxy) is 2. The van der Waals surface area contributed by atoms with Crippen LogP contribution in [0.1, 0.15) is 44.6 Å². The summed E-state index contributed by atoms with van der Waals surface area (Å²) in [6.07, 6.45) is 5.51. The number of rotatable bonds is 7. The second kappa shape index (κ2) is 11.3. The van der Waals surface area contributed by atoms with Crippen LogP contribution in [-0.2, 0) is 11.3 Å². The number of hydrogen-bond acceptors (Lipinski definition) is 6. The predicted octanol–water partition coefficient (Wildman–Crippen LogP) is 2.37. The molecule has 1 atom stereocenters. The van der Waals surface area contributed by atoms with E-state index >= 15 is 0 Å². The van der Waals surface area contributed by atoms with Gasteiger partial charge in [-0.1, -0.05) is 25.3 Å². The van der Waals surface area contributed by atoms with Gasteiger partial charge in [-0.3, -0.25) is 19.9 Å². The molecule has 172 valence electrons. The molecule has 31 heavy (non-hydrogen) atoms. The highest BCUT2D eigenvalue weighted by atomic mass is 16.5. The van der Waals surface area contributed by atoms with Crippen LogP contribution in [-0.4, -0.2) is 74.2 Å². The van der Waals surface area contributed by atoms with Crippen molar-refractivity contribution in [2.75, 3.05) is 40.4 Å². The number of nitrogens with zero attached hydrogens (tertiary/aromatic N) is 2. The molecule has 1 aliphatic carbocycles. The van der Waals surface area contributed by atoms with Crippen molar-refractivity contribution in [3.8, 4) is 11.5 Å². The van der Waals surface area contributed by atoms with Gasteiger partial charge in [0, 0.05) is 38.8 Å². The van der Waals surface area contributed by atoms with E-state index in [1.807, 2.05) is 19.1 Å². The number of hydrogen-bond donors (Lipinski definition) is 2. The molecule has 0 aromatic heterocycles. The molecule has 3 rings (SSSR count). The molecule has 3 amide bonds. The SMILES string of the molecule is COc1ccc(CN2CCN([C@H](C)C(=O)NC(=O)NC3CCCCC3)CC2)cc1OC. The average Bonchev–Trinajstić information content (AvgIpc) is 2.79. The fourth-order valence-electron chi connectivity index (χ4n) is 4.40. The summed E-state index contributed by atoms with van der Waals surface area (Å²) < 4.78 is 10.7. The quantitative estimate of drug-likeness (QED) is 0.688. The van der Waals surface area contributed by atoms with Gasteiger partial charge in [-0.25, -0.2) is 4.79 Å². The molecule has 1 aromatic rings. The summed E-state index contributed by atoms with van der Waals surface area (Å²) in [5.41, 5.74) is 1.16. The fourth-order valence-corrected chi connectivity index (χ4v) is 4.40. The Morgan fingerprint density at radius 3 is 2.35 bits per heavy atom. The number of piperazine rings is 1. The lowest BCUT2D eigenvalue weighted by molar-refractivity contribution is -0.125. The molecule has 2 fully saturated rings. The third-order valence-electron chi connectivity index (χ3n) is 6.37. The minimum Gasteiger partial charge on any atom is -0.493 e. The lowest BCUT2D eigenvalue weighted by atomic mass is 9.96. The van der Waals surface area contributed by atoms with Gasteiger partial charge in [0.2, 0.25) is 5.91 Å². The maximum Gasteiger partial charge on any atom is 0.321 e. The maximum atomic E-state index is 12.5. The van der Waals surface area contributed by atoms with Gasteiger partial charge in [-0.05, 0) is 37.5 Å². The third-order valence-corrected chi connectivity index (χ3v) is 6.37. The highest BCUT2D eigenvalue weighted by Gasteiger charge is 2.27. The van der Waals surface area contributed by atoms with Gasteiger partial charge in [-0.2, -0.15) is 0 Å². The van der Waals surface area contributed by atoms with Gasteiger partial charge in [-0.15, -0.1) is 0 Å². The van der Waals surface area contributed by atoms with Crippen molar-refractivity contribution in [2.24, 2.45) is 0 Å². The molecule has 0 unspecified atom stereocenters. The molecule has 1 saturated heterocycles. The molecule has 0 bridgehead atoms. The van der Waals surface area contributed by atoms with Gasteiger partial charge in [0.15, 0.2) is 11.5 Å². The Kier molecular flexibility index (Phi) is 8.54. The minimum absolute atomic E-state index is 0.192. The van der Waals surface area contributed by atoms with Crippen LogP contribution >= 0.6 is 0 Å². The molecule has 1 aliphatic heterocycles. The Labute approximate surface area is 185 Å². The molecule has 0 spiro atoms. The first kappa shape index (κ1) is 23.3. The number of amides is 3. The Morgan fingerprint density at radius 2 is 1.71 bits per heavy atom. The van der Waals surface area contributed by atoms with Crippen LogP contribution in [0.2, 0.25) is 0 Å². The van der Waals surface area contributed by atoms with E-state index < -0.39 is 0 Å². The molecule has 1 aromatic carbocycles. The number of benzene rings is 1. The minimum atomic E-state index is -0.365. The Hall–Kier alpha value is -2.32. The lowest BCUT2D eigenvalue weighted by Crippen LogP contribution is -2.55. The number of carbonyl (C=O) groups is 2. The van der Waals surface area contributed by atoms with E-state index in [-0.39, 0.29) is 24.0 Å². The number of imide groups is 1. The summed E-state index contributed by atoms with van der Waals surface area (Å²) in [5, 5.41) is 5.47. The third kappa shape index (κ3) is 6.58. The highest BCUT2D eigenvalue weighted by molar-refractivity contribution is 5.96. The zero-order valence-electron chi connectivity index (χ0n) is 19.0. The van der Waals surface area contributed by atoms with Crippen LogP contribution in [0, 0.1) is 0 Å². The zero-order chi connectivity index (χ0) is 22.2. The molecule has 2 N–H and O–H groups in total. The van der Waals surface area contributed by atoms with Gasteiger partial charge in [0.1, 0.15) is 0 Å². The van der Waals surface area contributed by atoms with Crippen LogP contribution in [0.15, 0.2) is 18.2 Å². The number of urea groups is 1. The van der Waals surface area contributed by atoms with Gasteiger partial charge in [0.05, 0.1) is 20.3 Å². The number of methoxy groups -OCH3 is 2. The van der Waals surface area contributed by atoms with Crippen molar-refractivity contribution in [3.63, 3.8) is 0 Å². The van der Waals surface area contributed by atoms with Crippen molar-refractivity contribution in [1.82, 2.24) is 20.4 Å². The predicted molar refractivity (Wildman–Crippen MR) is 119 cm³/mol. The largest absolute Gasteiger partial charge is 0.493 e. The van der Waals surface area contributed by atoms with Gasteiger partial charge in [0.25, 0.3) is 0 Å². The molecule has 0 radical (unpaired) electrons. The molecule has 1 saturated carbocycles. The zero-order valence-corrected chi connectivity index (χ0v) is 19.0. The molecule has 8 nitrogen and oxygen atoms in total. The standard InChI is InChI=1S/C23H36N4O4/c1-17(22(28)25-23(29)24-19-7-5-4-6-8-19)27-13-11-26(12-14-27)16-18-9-10-20(30-2)21(15-18)31-3/h9-10,15,17,19H,4-8,11-14,16H2,1-3H3,(H2,24,25,28,29)/t17-/m1/s1. The van der Waals surface area contributed by atoms with Gasteiger partial charge >= 0.3 is 6.03 Å². The van der Waals surface area contributed by atoms with Crippen LogP contribution in [0.5, 0.6) is 11.5 Å². The molecule has 8 heteroatoms. The van der Waals surface area contributed by atoms with E-state index in [1.54, 1.807) is 14.2 Å². The second-order valence-electron chi connectivity index (χ2n) is 8.48. The molecular weight excluding hydrogens is 396 g/mol. The van der Waals surface area contributed by atoms with Crippen molar-refractivity contribution in [2.45, 2.75) is 57.7 Å². The van der Waals surface area contributed by atoms with Crippen molar-refractivity contribution in [1.29, 1.82) is 0 Å². The van der Waals surface area contributed by atoms with Crippen molar-refractivity contribution < 1.29 is 19.1 Å². The summed E-state index contributed by atoms with van der Waals surface area (Å²) in [6, 6.07) is 5.48. The molecule has 1 heterocycles. The van der Waals surface area contributed by atoms with Crippen LogP contribution in [0.25, 0.3) is 0 Å². The van der Waals surface area contributed by atoms with Crippen LogP contribution in [0.3, 0.4) is 0 Å². The van der Waals surface area contributed by atoms with Crippen LogP contribution in [0.4, 0.5) is 4.79 Å². The number of carbonyl (C=O) groups excluding carboxylic acids is 2. The van der Waals surface area contributed by atoms with E-state index in [2.05, 4.69) is 26.5 Å². The summed E-state index contributed by atoms with van der Waals surface area (Å²) in [6.45, 7) is 5.98. The first-order valence-electron chi connectivity index (χ1n) is 11.3. The first-order valence-corrected chi connectivity index (χ1v) is 11.3. The monoisotopic (exact) mass is 432 g/mol. The normalized spacial score (nSPS) is 19.5. The Bertz CT molecular complexity index is 743. The smallest absolute Gasteiger partial charge is 0.321 e. The summed E-state index contributed by atoms with van der Waals surface area (Å²) in [4.78, 5) is 29.2.